The molecule has 0 bridgehead atoms. The van der Waals surface area contributed by atoms with E-state index in [1.54, 1.807) is 31.2 Å². The topological polar surface area (TPSA) is 108 Å². The van der Waals surface area contributed by atoms with E-state index >= 15 is 0 Å². The van der Waals surface area contributed by atoms with Gasteiger partial charge in [-0.1, -0.05) is 24.3 Å². The van der Waals surface area contributed by atoms with Crippen molar-refractivity contribution in [1.82, 2.24) is 4.98 Å². The van der Waals surface area contributed by atoms with E-state index in [0.29, 0.717) is 28.8 Å². The summed E-state index contributed by atoms with van der Waals surface area (Å²) < 4.78 is 44.1. The number of ether oxygens (including phenoxy) is 2. The third kappa shape index (κ3) is 5.26. The van der Waals surface area contributed by atoms with E-state index in [-0.39, 0.29) is 17.1 Å². The molecule has 1 N–H and O–H groups in total. The molecule has 4 aromatic rings. The Morgan fingerprint density at radius 1 is 1.00 bits per heavy atom. The van der Waals surface area contributed by atoms with Crippen LogP contribution in [-0.2, 0) is 21.4 Å². The van der Waals surface area contributed by atoms with Crippen molar-refractivity contribution in [3.8, 4) is 17.2 Å². The molecule has 3 aromatic carbocycles. The molecule has 0 atom stereocenters. The summed E-state index contributed by atoms with van der Waals surface area (Å²) in [4.78, 5) is 16.9. The molecule has 0 aliphatic carbocycles. The number of nitrogens with one attached hydrogen (secondary N) is 1. The second-order valence-electron chi connectivity index (χ2n) is 7.33. The summed E-state index contributed by atoms with van der Waals surface area (Å²) >= 11 is 0. The molecule has 34 heavy (non-hydrogen) atoms. The minimum absolute atomic E-state index is 0.0678. The number of oxazole rings is 1. The first-order valence-corrected chi connectivity index (χ1v) is 11.8. The van der Waals surface area contributed by atoms with Crippen LogP contribution in [0.4, 0.5) is 5.69 Å². The molecule has 0 saturated heterocycles. The van der Waals surface area contributed by atoms with Crippen LogP contribution in [0.1, 0.15) is 21.8 Å². The van der Waals surface area contributed by atoms with Crippen LogP contribution in [-0.4, -0.2) is 26.5 Å². The van der Waals surface area contributed by atoms with Crippen molar-refractivity contribution in [1.29, 1.82) is 0 Å². The summed E-state index contributed by atoms with van der Waals surface area (Å²) in [6.07, 6.45) is 0. The average molecular weight is 479 g/mol. The van der Waals surface area contributed by atoms with Gasteiger partial charge >= 0.3 is 5.97 Å². The molecule has 4 rings (SSSR count). The van der Waals surface area contributed by atoms with Crippen molar-refractivity contribution < 1.29 is 27.1 Å². The molecule has 0 fully saturated rings. The Kier molecular flexibility index (Phi) is 6.65. The van der Waals surface area contributed by atoms with Crippen molar-refractivity contribution in [2.45, 2.75) is 18.4 Å². The van der Waals surface area contributed by atoms with Gasteiger partial charge in [0.2, 0.25) is 5.89 Å². The molecule has 1 aromatic heterocycles. The van der Waals surface area contributed by atoms with E-state index < -0.39 is 16.0 Å². The number of hydrogen-bond donors (Lipinski definition) is 1. The van der Waals surface area contributed by atoms with Crippen LogP contribution < -0.4 is 9.46 Å². The first-order valence-electron chi connectivity index (χ1n) is 10.3. The molecule has 9 heteroatoms. The quantitative estimate of drug-likeness (QED) is 0.362. The van der Waals surface area contributed by atoms with E-state index in [4.69, 9.17) is 13.9 Å². The number of carbonyl (C=O) groups is 1. The second-order valence-corrected chi connectivity index (χ2v) is 9.01. The van der Waals surface area contributed by atoms with Crippen LogP contribution in [0.2, 0.25) is 0 Å². The maximum atomic E-state index is 12.8. The van der Waals surface area contributed by atoms with E-state index in [1.165, 1.54) is 31.4 Å². The first-order chi connectivity index (χ1) is 16.4. The highest BCUT2D eigenvalue weighted by atomic mass is 32.2. The molecule has 0 spiro atoms. The van der Waals surface area contributed by atoms with Gasteiger partial charge in [0.15, 0.2) is 0 Å². The van der Waals surface area contributed by atoms with Crippen LogP contribution in [0, 0.1) is 6.92 Å². The predicted octanol–water partition coefficient (Wildman–Crippen LogP) is 4.82. The Morgan fingerprint density at radius 3 is 2.44 bits per heavy atom. The highest BCUT2D eigenvalue weighted by Crippen LogP contribution is 2.23. The molecule has 1 heterocycles. The predicted molar refractivity (Wildman–Crippen MR) is 126 cm³/mol. The summed E-state index contributed by atoms with van der Waals surface area (Å²) in [5, 5.41) is 0. The number of hydrogen-bond acceptors (Lipinski definition) is 7. The van der Waals surface area contributed by atoms with Gasteiger partial charge in [-0.15, -0.1) is 0 Å². The van der Waals surface area contributed by atoms with Crippen molar-refractivity contribution in [3.63, 3.8) is 0 Å². The highest BCUT2D eigenvalue weighted by Gasteiger charge is 2.19. The molecule has 174 valence electrons. The third-order valence-electron chi connectivity index (χ3n) is 4.98. The van der Waals surface area contributed by atoms with Gasteiger partial charge in [0.25, 0.3) is 10.0 Å². The fraction of sp³-hybridized carbons (Fsp3) is 0.120. The van der Waals surface area contributed by atoms with Gasteiger partial charge in [0.1, 0.15) is 23.8 Å². The van der Waals surface area contributed by atoms with Gasteiger partial charge in [0, 0.05) is 11.3 Å². The smallest absolute Gasteiger partial charge is 0.338 e. The SMILES string of the molecule is COc1ccc(NS(=O)(=O)c2cccc(C(=O)OCc3nc(-c4ccccc4)oc3C)c2)cc1. The van der Waals surface area contributed by atoms with E-state index in [1.807, 2.05) is 30.3 Å². The lowest BCUT2D eigenvalue weighted by Crippen LogP contribution is -2.14. The zero-order chi connectivity index (χ0) is 24.1. The van der Waals surface area contributed by atoms with Gasteiger partial charge in [-0.2, -0.15) is 0 Å². The average Bonchev–Trinajstić information content (AvgIpc) is 3.24. The number of benzene rings is 3. The van der Waals surface area contributed by atoms with Crippen molar-refractivity contribution in [2.24, 2.45) is 0 Å². The van der Waals surface area contributed by atoms with Crippen LogP contribution in [0.15, 0.2) is 88.2 Å². The molecule has 0 aliphatic heterocycles. The molecule has 8 nitrogen and oxygen atoms in total. The van der Waals surface area contributed by atoms with Crippen LogP contribution >= 0.6 is 0 Å². The number of aromatic nitrogens is 1. The second kappa shape index (κ2) is 9.80. The maximum absolute atomic E-state index is 12.8. The number of esters is 1. The number of aryl methyl sites for hydroxylation is 1. The summed E-state index contributed by atoms with van der Waals surface area (Å²) in [7, 11) is -2.39. The lowest BCUT2D eigenvalue weighted by molar-refractivity contribution is 0.0466. The van der Waals surface area contributed by atoms with Gasteiger partial charge < -0.3 is 13.9 Å². The highest BCUT2D eigenvalue weighted by molar-refractivity contribution is 7.92. The molecular formula is C25H22N2O6S. The number of sulfonamides is 1. The molecule has 0 saturated carbocycles. The zero-order valence-corrected chi connectivity index (χ0v) is 19.3. The summed E-state index contributed by atoms with van der Waals surface area (Å²) in [5.74, 6) is 0.893. The first kappa shape index (κ1) is 23.1. The summed E-state index contributed by atoms with van der Waals surface area (Å²) in [5.41, 5.74) is 1.76. The van der Waals surface area contributed by atoms with Crippen molar-refractivity contribution in [3.05, 3.63) is 95.9 Å². The number of rotatable bonds is 8. The van der Waals surface area contributed by atoms with E-state index in [9.17, 15) is 13.2 Å². The minimum Gasteiger partial charge on any atom is -0.497 e. The maximum Gasteiger partial charge on any atom is 0.338 e. The van der Waals surface area contributed by atoms with Crippen molar-refractivity contribution >= 4 is 21.7 Å². The lowest BCUT2D eigenvalue weighted by Gasteiger charge is -2.10. The molecule has 0 amide bonds. The van der Waals surface area contributed by atoms with Crippen molar-refractivity contribution in [2.75, 3.05) is 11.8 Å². The molecule has 0 radical (unpaired) electrons. The monoisotopic (exact) mass is 478 g/mol. The zero-order valence-electron chi connectivity index (χ0n) is 18.5. The minimum atomic E-state index is -3.92. The van der Waals surface area contributed by atoms with E-state index in [2.05, 4.69) is 9.71 Å². The standard InChI is InChI=1S/C25H22N2O6S/c1-17-23(26-24(33-17)18-7-4-3-5-8-18)16-32-25(28)19-9-6-10-22(15-19)34(29,30)27-20-11-13-21(31-2)14-12-20/h3-15,27H,16H2,1-2H3. The summed E-state index contributed by atoms with van der Waals surface area (Å²) in [6, 6.07) is 21.4. The van der Waals surface area contributed by atoms with Gasteiger partial charge in [0.05, 0.1) is 17.6 Å². The van der Waals surface area contributed by atoms with Crippen LogP contribution in [0.5, 0.6) is 5.75 Å². The fourth-order valence-corrected chi connectivity index (χ4v) is 4.25. The molecule has 0 unspecified atom stereocenters. The Bertz CT molecular complexity index is 1400. The molecular weight excluding hydrogens is 456 g/mol. The Labute approximate surface area is 197 Å². The van der Waals surface area contributed by atoms with Gasteiger partial charge in [-0.05, 0) is 61.5 Å². The normalized spacial score (nSPS) is 11.1. The third-order valence-corrected chi connectivity index (χ3v) is 6.35. The van der Waals surface area contributed by atoms with Gasteiger partial charge in [-0.25, -0.2) is 18.2 Å². The summed E-state index contributed by atoms with van der Waals surface area (Å²) in [6.45, 7) is 1.63. The largest absolute Gasteiger partial charge is 0.497 e. The Hall–Kier alpha value is -4.11. The Balaban J connectivity index is 1.45. The van der Waals surface area contributed by atoms with Crippen LogP contribution in [0.3, 0.4) is 0 Å². The lowest BCUT2D eigenvalue weighted by atomic mass is 10.2. The number of anilines is 1. The van der Waals surface area contributed by atoms with E-state index in [0.717, 1.165) is 5.56 Å². The number of methoxy groups -OCH3 is 1. The Morgan fingerprint density at radius 2 is 1.74 bits per heavy atom. The number of carbonyl (C=O) groups excluding carboxylic acids is 1. The fourth-order valence-electron chi connectivity index (χ4n) is 3.15. The van der Waals surface area contributed by atoms with Crippen LogP contribution in [0.25, 0.3) is 11.5 Å². The number of nitrogens with zero attached hydrogens (tertiary/aromatic N) is 1. The van der Waals surface area contributed by atoms with Gasteiger partial charge in [-0.3, -0.25) is 4.72 Å². The molecule has 0 aliphatic rings.